The molecule has 0 radical (unpaired) electrons. The van der Waals surface area contributed by atoms with Gasteiger partial charge in [0.1, 0.15) is 0 Å². The predicted molar refractivity (Wildman–Crippen MR) is 189 cm³/mol. The first-order chi connectivity index (χ1) is 20.5. The van der Waals surface area contributed by atoms with E-state index in [1.807, 2.05) is 6.92 Å². The molecule has 0 aromatic heterocycles. The number of carbonyl (C=O) groups is 1. The number of hydrogen-bond donors (Lipinski definition) is 1. The van der Waals surface area contributed by atoms with Crippen LogP contribution in [0.1, 0.15) is 240 Å². The minimum atomic E-state index is -0.573. The van der Waals surface area contributed by atoms with Gasteiger partial charge in [0.15, 0.2) is 0 Å². The molecule has 0 bridgehead atoms. The Morgan fingerprint density at radius 3 is 0.952 bits per heavy atom. The molecule has 0 aromatic carbocycles. The molecular weight excluding hydrogens is 512 g/mol. The van der Waals surface area contributed by atoms with Crippen LogP contribution in [0.25, 0.3) is 0 Å². The molecule has 252 valence electrons. The van der Waals surface area contributed by atoms with Crippen molar-refractivity contribution in [2.75, 3.05) is 0 Å². The minimum absolute atomic E-state index is 0.272. The van der Waals surface area contributed by atoms with Gasteiger partial charge in [0.2, 0.25) is 0 Å². The number of hydrogen-bond acceptors (Lipinski definition) is 1. The Bertz CT molecular complexity index is 544. The Morgan fingerprint density at radius 1 is 0.452 bits per heavy atom. The molecule has 0 aliphatic rings. The molecule has 0 amide bonds. The van der Waals surface area contributed by atoms with Crippen LogP contribution in [0, 0.1) is 11.3 Å². The summed E-state index contributed by atoms with van der Waals surface area (Å²) in [5.41, 5.74) is -0.549. The molecule has 2 unspecified atom stereocenters. The largest absolute Gasteiger partial charge is 0.481 e. The molecular formula is C40H80O2. The van der Waals surface area contributed by atoms with Crippen molar-refractivity contribution in [3.05, 3.63) is 0 Å². The van der Waals surface area contributed by atoms with Gasteiger partial charge in [-0.3, -0.25) is 4.79 Å². The summed E-state index contributed by atoms with van der Waals surface area (Å²) in [5.74, 6) is -0.301. The van der Waals surface area contributed by atoms with Gasteiger partial charge in [0.25, 0.3) is 0 Å². The Morgan fingerprint density at radius 2 is 0.690 bits per heavy atom. The fraction of sp³-hybridized carbons (Fsp3) is 0.975. The van der Waals surface area contributed by atoms with E-state index in [0.29, 0.717) is 0 Å². The van der Waals surface area contributed by atoms with E-state index in [2.05, 4.69) is 20.8 Å². The summed E-state index contributed by atoms with van der Waals surface area (Å²) in [6.07, 6.45) is 44.5. The second-order valence-corrected chi connectivity index (χ2v) is 14.4. The van der Waals surface area contributed by atoms with Crippen LogP contribution < -0.4 is 0 Å². The topological polar surface area (TPSA) is 37.3 Å². The maximum Gasteiger partial charge on any atom is 0.309 e. The van der Waals surface area contributed by atoms with Gasteiger partial charge in [-0.15, -0.1) is 0 Å². The number of carboxylic acids is 1. The van der Waals surface area contributed by atoms with E-state index < -0.39 is 11.4 Å². The van der Waals surface area contributed by atoms with Crippen molar-refractivity contribution in [1.82, 2.24) is 0 Å². The Labute approximate surface area is 266 Å². The van der Waals surface area contributed by atoms with Gasteiger partial charge in [0.05, 0.1) is 5.41 Å². The lowest BCUT2D eigenvalue weighted by atomic mass is 9.72. The van der Waals surface area contributed by atoms with Gasteiger partial charge in [-0.1, -0.05) is 220 Å². The first kappa shape index (κ1) is 41.5. The van der Waals surface area contributed by atoms with Crippen LogP contribution >= 0.6 is 0 Å². The van der Waals surface area contributed by atoms with Gasteiger partial charge in [-0.05, 0) is 25.7 Å². The van der Waals surface area contributed by atoms with Crippen molar-refractivity contribution in [3.63, 3.8) is 0 Å². The quantitative estimate of drug-likeness (QED) is 0.0743. The van der Waals surface area contributed by atoms with E-state index in [-0.39, 0.29) is 5.92 Å². The highest BCUT2D eigenvalue weighted by Gasteiger charge is 2.37. The summed E-state index contributed by atoms with van der Waals surface area (Å²) in [5, 5.41) is 10.1. The lowest BCUT2D eigenvalue weighted by molar-refractivity contribution is -0.151. The first-order valence-corrected chi connectivity index (χ1v) is 19.7. The van der Waals surface area contributed by atoms with Crippen LogP contribution in [0.4, 0.5) is 0 Å². The number of aliphatic carboxylic acids is 1. The van der Waals surface area contributed by atoms with E-state index in [1.54, 1.807) is 0 Å². The van der Waals surface area contributed by atoms with Gasteiger partial charge >= 0.3 is 5.97 Å². The third kappa shape index (κ3) is 25.9. The van der Waals surface area contributed by atoms with Crippen molar-refractivity contribution in [2.45, 2.75) is 240 Å². The summed E-state index contributed by atoms with van der Waals surface area (Å²) in [7, 11) is 0. The molecule has 0 aliphatic heterocycles. The predicted octanol–water partition coefficient (Wildman–Crippen LogP) is 14.6. The molecule has 0 aliphatic carbocycles. The molecule has 42 heavy (non-hydrogen) atoms. The Kier molecular flexibility index (Phi) is 31.5. The Balaban J connectivity index is 3.64. The third-order valence-electron chi connectivity index (χ3n) is 10.4. The van der Waals surface area contributed by atoms with Crippen molar-refractivity contribution < 1.29 is 9.90 Å². The average molecular weight is 593 g/mol. The molecule has 0 saturated heterocycles. The zero-order valence-electron chi connectivity index (χ0n) is 29.8. The average Bonchev–Trinajstić information content (AvgIpc) is 2.98. The summed E-state index contributed by atoms with van der Waals surface area (Å²) < 4.78 is 0. The molecule has 0 fully saturated rings. The van der Waals surface area contributed by atoms with Crippen LogP contribution in [0.5, 0.6) is 0 Å². The number of unbranched alkanes of at least 4 members (excludes halogenated alkanes) is 29. The second kappa shape index (κ2) is 31.9. The van der Waals surface area contributed by atoms with E-state index in [9.17, 15) is 9.90 Å². The van der Waals surface area contributed by atoms with Crippen LogP contribution in [-0.2, 0) is 4.79 Å². The van der Waals surface area contributed by atoms with Gasteiger partial charge in [0, 0.05) is 0 Å². The highest BCUT2D eigenvalue weighted by Crippen LogP contribution is 2.37. The zero-order valence-corrected chi connectivity index (χ0v) is 29.8. The maximum atomic E-state index is 12.2. The van der Waals surface area contributed by atoms with Crippen molar-refractivity contribution in [2.24, 2.45) is 11.3 Å². The van der Waals surface area contributed by atoms with E-state index in [0.717, 1.165) is 19.3 Å². The molecule has 2 heteroatoms. The second-order valence-electron chi connectivity index (χ2n) is 14.4. The number of carboxylic acid groups (broad SMARTS) is 1. The lowest BCUT2D eigenvalue weighted by Gasteiger charge is -2.32. The summed E-state index contributed by atoms with van der Waals surface area (Å²) in [6, 6.07) is 0. The third-order valence-corrected chi connectivity index (χ3v) is 10.4. The first-order valence-electron chi connectivity index (χ1n) is 19.7. The number of rotatable bonds is 35. The molecule has 0 aromatic rings. The monoisotopic (exact) mass is 593 g/mol. The normalized spacial score (nSPS) is 13.8. The van der Waals surface area contributed by atoms with E-state index in [4.69, 9.17) is 0 Å². The molecule has 1 N–H and O–H groups in total. The standard InChI is InChI=1S/C40H80O2/c1-5-7-9-11-13-15-17-19-20-21-22-23-25-27-29-31-33-35-37-40(4,39(41)42)38(3)36-34-32-30-28-26-24-18-16-14-12-10-8-6-2/h38H,5-37H2,1-4H3,(H,41,42). The smallest absolute Gasteiger partial charge is 0.309 e. The summed E-state index contributed by atoms with van der Waals surface area (Å²) in [4.78, 5) is 12.2. The van der Waals surface area contributed by atoms with Crippen LogP contribution in [0.2, 0.25) is 0 Å². The van der Waals surface area contributed by atoms with Crippen LogP contribution in [0.15, 0.2) is 0 Å². The Hall–Kier alpha value is -0.530. The highest BCUT2D eigenvalue weighted by atomic mass is 16.4. The molecule has 0 rings (SSSR count). The van der Waals surface area contributed by atoms with E-state index in [1.165, 1.54) is 193 Å². The van der Waals surface area contributed by atoms with Crippen LogP contribution in [-0.4, -0.2) is 11.1 Å². The van der Waals surface area contributed by atoms with E-state index >= 15 is 0 Å². The molecule has 0 saturated carbocycles. The fourth-order valence-corrected chi connectivity index (χ4v) is 6.74. The molecule has 2 nitrogen and oxygen atoms in total. The van der Waals surface area contributed by atoms with Crippen molar-refractivity contribution >= 4 is 5.97 Å². The SMILES string of the molecule is CCCCCCCCCCCCCCCCCCCCC(C)(C(=O)O)C(C)CCCCCCCCCCCCCCC. The summed E-state index contributed by atoms with van der Waals surface area (Å²) >= 11 is 0. The molecule has 0 spiro atoms. The minimum Gasteiger partial charge on any atom is -0.481 e. The van der Waals surface area contributed by atoms with Crippen molar-refractivity contribution in [3.8, 4) is 0 Å². The van der Waals surface area contributed by atoms with Crippen LogP contribution in [0.3, 0.4) is 0 Å². The highest BCUT2D eigenvalue weighted by molar-refractivity contribution is 5.74. The van der Waals surface area contributed by atoms with Gasteiger partial charge in [-0.2, -0.15) is 0 Å². The molecule has 2 atom stereocenters. The van der Waals surface area contributed by atoms with Gasteiger partial charge in [-0.25, -0.2) is 0 Å². The molecule has 0 heterocycles. The summed E-state index contributed by atoms with van der Waals surface area (Å²) in [6.45, 7) is 8.80. The van der Waals surface area contributed by atoms with Crippen molar-refractivity contribution in [1.29, 1.82) is 0 Å². The maximum absolute atomic E-state index is 12.2. The fourth-order valence-electron chi connectivity index (χ4n) is 6.74. The van der Waals surface area contributed by atoms with Gasteiger partial charge < -0.3 is 5.11 Å². The zero-order chi connectivity index (χ0) is 31.0. The lowest BCUT2D eigenvalue weighted by Crippen LogP contribution is -2.34.